The monoisotopic (exact) mass is 274 g/mol. The number of amides is 1. The number of nitrogens with one attached hydrogen (secondary N) is 3. The van der Waals surface area contributed by atoms with Crippen molar-refractivity contribution in [2.75, 3.05) is 11.9 Å². The highest BCUT2D eigenvalue weighted by Crippen LogP contribution is 2.10. The zero-order chi connectivity index (χ0) is 14.4. The molecule has 1 amide bonds. The molecule has 106 valence electrons. The lowest BCUT2D eigenvalue weighted by Gasteiger charge is -2.11. The number of aromatic amines is 1. The predicted octanol–water partition coefficient (Wildman–Crippen LogP) is 1.51. The summed E-state index contributed by atoms with van der Waals surface area (Å²) in [7, 11) is 0. The summed E-state index contributed by atoms with van der Waals surface area (Å²) in [4.78, 5) is 20.3. The summed E-state index contributed by atoms with van der Waals surface area (Å²) in [6.07, 6.45) is 7.46. The molecule has 7 nitrogen and oxygen atoms in total. The summed E-state index contributed by atoms with van der Waals surface area (Å²) in [5.74, 6) is 0.416. The van der Waals surface area contributed by atoms with E-state index in [1.54, 1.807) is 18.6 Å². The third-order valence-corrected chi connectivity index (χ3v) is 2.81. The quantitative estimate of drug-likeness (QED) is 0.742. The molecule has 0 spiro atoms. The van der Waals surface area contributed by atoms with Crippen molar-refractivity contribution < 1.29 is 4.79 Å². The number of nitrogens with zero attached hydrogens (tertiary/aromatic N) is 3. The van der Waals surface area contributed by atoms with Crippen molar-refractivity contribution in [2.24, 2.45) is 0 Å². The molecule has 0 aliphatic rings. The van der Waals surface area contributed by atoms with Gasteiger partial charge in [0.1, 0.15) is 11.5 Å². The minimum Gasteiger partial charge on any atom is -0.369 e. The van der Waals surface area contributed by atoms with Gasteiger partial charge in [-0.3, -0.25) is 9.89 Å². The van der Waals surface area contributed by atoms with Crippen LogP contribution in [-0.4, -0.2) is 32.6 Å². The van der Waals surface area contributed by atoms with E-state index in [9.17, 15) is 4.79 Å². The summed E-state index contributed by atoms with van der Waals surface area (Å²) >= 11 is 0. The Kier molecular flexibility index (Phi) is 4.65. The summed E-state index contributed by atoms with van der Waals surface area (Å²) in [6.45, 7) is 4.78. The second kappa shape index (κ2) is 6.65. The molecule has 0 aromatic carbocycles. The molecule has 2 aromatic rings. The van der Waals surface area contributed by atoms with Gasteiger partial charge in [-0.05, 0) is 13.3 Å². The van der Waals surface area contributed by atoms with Crippen molar-refractivity contribution in [3.8, 4) is 0 Å². The molecule has 2 rings (SSSR count). The van der Waals surface area contributed by atoms with Crippen LogP contribution in [0, 0.1) is 0 Å². The van der Waals surface area contributed by atoms with E-state index in [0.29, 0.717) is 11.5 Å². The molecule has 7 heteroatoms. The maximum Gasteiger partial charge on any atom is 0.271 e. The summed E-state index contributed by atoms with van der Waals surface area (Å²) in [5, 5.41) is 12.5. The fourth-order valence-corrected chi connectivity index (χ4v) is 1.64. The van der Waals surface area contributed by atoms with E-state index in [2.05, 4.69) is 37.7 Å². The van der Waals surface area contributed by atoms with Crippen molar-refractivity contribution >= 4 is 11.7 Å². The van der Waals surface area contributed by atoms with Gasteiger partial charge in [-0.2, -0.15) is 5.10 Å². The van der Waals surface area contributed by atoms with Crippen molar-refractivity contribution in [1.82, 2.24) is 25.5 Å². The van der Waals surface area contributed by atoms with Crippen LogP contribution in [-0.2, 0) is 0 Å². The lowest BCUT2D eigenvalue weighted by molar-refractivity contribution is 0.0934. The first kappa shape index (κ1) is 14.0. The molecule has 0 saturated carbocycles. The first-order valence-corrected chi connectivity index (χ1v) is 6.56. The van der Waals surface area contributed by atoms with Gasteiger partial charge in [0.25, 0.3) is 5.91 Å². The number of hydrogen-bond acceptors (Lipinski definition) is 5. The average Bonchev–Trinajstić information content (AvgIpc) is 3.00. The predicted molar refractivity (Wildman–Crippen MR) is 75.3 cm³/mol. The zero-order valence-corrected chi connectivity index (χ0v) is 11.6. The van der Waals surface area contributed by atoms with E-state index < -0.39 is 0 Å². The SMILES string of the molecule is CCCNc1cnc(C(=O)NC(C)c2cn[nH]c2)cn1. The summed E-state index contributed by atoms with van der Waals surface area (Å²) in [6, 6.07) is -0.138. The third-order valence-electron chi connectivity index (χ3n) is 2.81. The Morgan fingerprint density at radius 3 is 2.80 bits per heavy atom. The number of aromatic nitrogens is 4. The fourth-order valence-electron chi connectivity index (χ4n) is 1.64. The van der Waals surface area contributed by atoms with E-state index in [1.165, 1.54) is 6.20 Å². The van der Waals surface area contributed by atoms with E-state index in [1.807, 2.05) is 6.92 Å². The molecule has 2 heterocycles. The Bertz CT molecular complexity index is 536. The summed E-state index contributed by atoms with van der Waals surface area (Å²) < 4.78 is 0. The number of carbonyl (C=O) groups excluding carboxylic acids is 1. The Balaban J connectivity index is 1.95. The largest absolute Gasteiger partial charge is 0.369 e. The lowest BCUT2D eigenvalue weighted by atomic mass is 10.2. The number of anilines is 1. The van der Waals surface area contributed by atoms with Gasteiger partial charge in [-0.25, -0.2) is 9.97 Å². The molecular weight excluding hydrogens is 256 g/mol. The number of H-pyrrole nitrogens is 1. The van der Waals surface area contributed by atoms with E-state index in [-0.39, 0.29) is 11.9 Å². The smallest absolute Gasteiger partial charge is 0.271 e. The molecule has 0 saturated heterocycles. The minimum atomic E-state index is -0.256. The highest BCUT2D eigenvalue weighted by atomic mass is 16.1. The molecular formula is C13H18N6O. The van der Waals surface area contributed by atoms with Gasteiger partial charge < -0.3 is 10.6 Å². The van der Waals surface area contributed by atoms with E-state index in [4.69, 9.17) is 0 Å². The van der Waals surface area contributed by atoms with Gasteiger partial charge in [-0.15, -0.1) is 0 Å². The zero-order valence-electron chi connectivity index (χ0n) is 11.6. The van der Waals surface area contributed by atoms with Crippen molar-refractivity contribution in [2.45, 2.75) is 26.3 Å². The van der Waals surface area contributed by atoms with Gasteiger partial charge in [0.2, 0.25) is 0 Å². The maximum absolute atomic E-state index is 12.0. The Labute approximate surface area is 117 Å². The van der Waals surface area contributed by atoms with Crippen molar-refractivity contribution in [1.29, 1.82) is 0 Å². The van der Waals surface area contributed by atoms with Gasteiger partial charge >= 0.3 is 0 Å². The highest BCUT2D eigenvalue weighted by molar-refractivity contribution is 5.92. The van der Waals surface area contributed by atoms with Crippen LogP contribution in [0.25, 0.3) is 0 Å². The number of carbonyl (C=O) groups is 1. The van der Waals surface area contributed by atoms with E-state index in [0.717, 1.165) is 18.5 Å². The van der Waals surface area contributed by atoms with Crippen LogP contribution >= 0.6 is 0 Å². The second-order valence-corrected chi connectivity index (χ2v) is 4.44. The first-order valence-electron chi connectivity index (χ1n) is 6.56. The van der Waals surface area contributed by atoms with Crippen LogP contribution in [0.15, 0.2) is 24.8 Å². The Morgan fingerprint density at radius 2 is 2.20 bits per heavy atom. The maximum atomic E-state index is 12.0. The lowest BCUT2D eigenvalue weighted by Crippen LogP contribution is -2.27. The first-order chi connectivity index (χ1) is 9.70. The van der Waals surface area contributed by atoms with Gasteiger partial charge in [0.15, 0.2) is 0 Å². The van der Waals surface area contributed by atoms with Crippen LogP contribution in [0.3, 0.4) is 0 Å². The summed E-state index contributed by atoms with van der Waals surface area (Å²) in [5.41, 5.74) is 1.20. The number of rotatable bonds is 6. The van der Waals surface area contributed by atoms with Gasteiger partial charge in [-0.1, -0.05) is 6.92 Å². The van der Waals surface area contributed by atoms with Crippen molar-refractivity contribution in [3.63, 3.8) is 0 Å². The van der Waals surface area contributed by atoms with Crippen molar-refractivity contribution in [3.05, 3.63) is 36.0 Å². The molecule has 20 heavy (non-hydrogen) atoms. The van der Waals surface area contributed by atoms with E-state index >= 15 is 0 Å². The number of hydrogen-bond donors (Lipinski definition) is 3. The van der Waals surface area contributed by atoms with Gasteiger partial charge in [0.05, 0.1) is 24.6 Å². The standard InChI is InChI=1S/C13H18N6O/c1-3-4-14-12-8-15-11(7-16-12)13(20)19-9(2)10-5-17-18-6-10/h5-9H,3-4H2,1-2H3,(H,14,16)(H,17,18)(H,19,20). The fraction of sp³-hybridized carbons (Fsp3) is 0.385. The minimum absolute atomic E-state index is 0.138. The molecule has 2 aromatic heterocycles. The second-order valence-electron chi connectivity index (χ2n) is 4.44. The molecule has 1 unspecified atom stereocenters. The van der Waals surface area contributed by atoms with Crippen LogP contribution in [0.1, 0.15) is 42.4 Å². The van der Waals surface area contributed by atoms with Crippen LogP contribution in [0.2, 0.25) is 0 Å². The average molecular weight is 274 g/mol. The molecule has 0 fully saturated rings. The molecule has 0 bridgehead atoms. The van der Waals surface area contributed by atoms with Crippen LogP contribution in [0.4, 0.5) is 5.82 Å². The molecule has 3 N–H and O–H groups in total. The molecule has 1 atom stereocenters. The molecule has 0 aliphatic heterocycles. The normalized spacial score (nSPS) is 11.9. The third kappa shape index (κ3) is 3.53. The highest BCUT2D eigenvalue weighted by Gasteiger charge is 2.13. The van der Waals surface area contributed by atoms with Gasteiger partial charge in [0, 0.05) is 18.3 Å². The van der Waals surface area contributed by atoms with Crippen LogP contribution in [0.5, 0.6) is 0 Å². The Hall–Kier alpha value is -2.44. The topological polar surface area (TPSA) is 95.6 Å². The molecule has 0 radical (unpaired) electrons. The molecule has 0 aliphatic carbocycles. The Morgan fingerprint density at radius 1 is 1.35 bits per heavy atom. The van der Waals surface area contributed by atoms with Crippen LogP contribution < -0.4 is 10.6 Å².